The fourth-order valence-electron chi connectivity index (χ4n) is 2.83. The third kappa shape index (κ3) is 3.42. The first-order chi connectivity index (χ1) is 11.5. The lowest BCUT2D eigenvalue weighted by atomic mass is 10.2. The molecule has 2 amide bonds. The van der Waals surface area contributed by atoms with Gasteiger partial charge in [-0.2, -0.15) is 0 Å². The van der Waals surface area contributed by atoms with E-state index in [-0.39, 0.29) is 24.2 Å². The Morgan fingerprint density at radius 3 is 2.71 bits per heavy atom. The maximum Gasteiger partial charge on any atom is 0.264 e. The molecule has 0 atom stereocenters. The molecule has 1 aliphatic rings. The van der Waals surface area contributed by atoms with Crippen LogP contribution in [0.4, 0.5) is 4.39 Å². The molecule has 5 nitrogen and oxygen atoms in total. The van der Waals surface area contributed by atoms with Crippen LogP contribution >= 0.6 is 11.3 Å². The average Bonchev–Trinajstić information content (AvgIpc) is 3.00. The zero-order valence-electron chi connectivity index (χ0n) is 13.8. The molecule has 3 rings (SSSR count). The smallest absolute Gasteiger partial charge is 0.264 e. The van der Waals surface area contributed by atoms with Crippen LogP contribution in [0.3, 0.4) is 0 Å². The molecule has 1 aromatic carbocycles. The van der Waals surface area contributed by atoms with Gasteiger partial charge in [0.25, 0.3) is 5.91 Å². The summed E-state index contributed by atoms with van der Waals surface area (Å²) in [4.78, 5) is 30.0. The first kappa shape index (κ1) is 16.9. The van der Waals surface area contributed by atoms with E-state index < -0.39 is 0 Å². The Bertz CT molecular complexity index is 768. The second-order valence-corrected chi connectivity index (χ2v) is 7.35. The molecule has 1 N–H and O–H groups in total. The number of likely N-dealkylation sites (N-methyl/N-ethyl adjacent to an activating group) is 2. The molecule has 1 saturated heterocycles. The molecule has 0 spiro atoms. The van der Waals surface area contributed by atoms with Gasteiger partial charge in [0.1, 0.15) is 5.82 Å². The Hall–Kier alpha value is -1.99. The first-order valence-electron chi connectivity index (χ1n) is 7.98. The van der Waals surface area contributed by atoms with E-state index in [1.807, 2.05) is 0 Å². The number of hydrogen-bond acceptors (Lipinski definition) is 3. The lowest BCUT2D eigenvalue weighted by Crippen LogP contribution is -3.12. The molecule has 1 aromatic heterocycles. The summed E-state index contributed by atoms with van der Waals surface area (Å²) in [6.45, 7) is 3.36. The summed E-state index contributed by atoms with van der Waals surface area (Å²) in [5.41, 5.74) is 0. The largest absolute Gasteiger partial charge is 0.334 e. The van der Waals surface area contributed by atoms with E-state index in [9.17, 15) is 14.0 Å². The van der Waals surface area contributed by atoms with E-state index in [1.165, 1.54) is 27.2 Å². The van der Waals surface area contributed by atoms with Crippen molar-refractivity contribution >= 4 is 33.2 Å². The van der Waals surface area contributed by atoms with Crippen LogP contribution in [0.5, 0.6) is 0 Å². The highest BCUT2D eigenvalue weighted by Crippen LogP contribution is 2.28. The number of quaternary nitrogens is 1. The number of carbonyl (C=O) groups is 2. The summed E-state index contributed by atoms with van der Waals surface area (Å²) in [7, 11) is 3.72. The average molecular weight is 350 g/mol. The summed E-state index contributed by atoms with van der Waals surface area (Å²) >= 11 is 1.25. The number of carbonyl (C=O) groups excluding carboxylic acids is 2. The topological polar surface area (TPSA) is 45.1 Å². The minimum Gasteiger partial charge on any atom is -0.334 e. The lowest BCUT2D eigenvalue weighted by molar-refractivity contribution is -0.883. The SMILES string of the molecule is CN(CC(=O)N1CC[NH+](C)CC1)C(=O)c1cc2c(F)cccc2s1. The highest BCUT2D eigenvalue weighted by molar-refractivity contribution is 7.20. The van der Waals surface area contributed by atoms with Crippen molar-refractivity contribution in [3.05, 3.63) is 35.0 Å². The summed E-state index contributed by atoms with van der Waals surface area (Å²) < 4.78 is 14.5. The molecule has 7 heteroatoms. The van der Waals surface area contributed by atoms with Gasteiger partial charge in [0.2, 0.25) is 5.91 Å². The van der Waals surface area contributed by atoms with E-state index >= 15 is 0 Å². The van der Waals surface area contributed by atoms with Crippen LogP contribution in [-0.2, 0) is 4.79 Å². The Morgan fingerprint density at radius 2 is 2.04 bits per heavy atom. The second-order valence-electron chi connectivity index (χ2n) is 6.26. The van der Waals surface area contributed by atoms with Crippen LogP contribution in [0, 0.1) is 5.82 Å². The van der Waals surface area contributed by atoms with Gasteiger partial charge in [-0.25, -0.2) is 4.39 Å². The molecule has 1 fully saturated rings. The molecule has 24 heavy (non-hydrogen) atoms. The van der Waals surface area contributed by atoms with Crippen molar-refractivity contribution in [2.75, 3.05) is 46.8 Å². The number of nitrogens with zero attached hydrogens (tertiary/aromatic N) is 2. The third-order valence-corrected chi connectivity index (χ3v) is 5.50. The van der Waals surface area contributed by atoms with Crippen LogP contribution in [0.15, 0.2) is 24.3 Å². The molecule has 2 aromatic rings. The lowest BCUT2D eigenvalue weighted by Gasteiger charge is -2.31. The van der Waals surface area contributed by atoms with Crippen molar-refractivity contribution in [2.24, 2.45) is 0 Å². The van der Waals surface area contributed by atoms with Gasteiger partial charge in [0.15, 0.2) is 0 Å². The van der Waals surface area contributed by atoms with Crippen molar-refractivity contribution in [2.45, 2.75) is 0 Å². The number of fused-ring (bicyclic) bond motifs is 1. The molecular weight excluding hydrogens is 329 g/mol. The molecule has 2 heterocycles. The highest BCUT2D eigenvalue weighted by Gasteiger charge is 2.24. The van der Waals surface area contributed by atoms with Gasteiger partial charge in [0.05, 0.1) is 44.6 Å². The number of rotatable bonds is 3. The summed E-state index contributed by atoms with van der Waals surface area (Å²) in [6, 6.07) is 6.37. The summed E-state index contributed by atoms with van der Waals surface area (Å²) in [5.74, 6) is -0.615. The van der Waals surface area contributed by atoms with Gasteiger partial charge in [0, 0.05) is 17.1 Å². The van der Waals surface area contributed by atoms with Gasteiger partial charge >= 0.3 is 0 Å². The van der Waals surface area contributed by atoms with E-state index in [2.05, 4.69) is 7.05 Å². The quantitative estimate of drug-likeness (QED) is 0.875. The van der Waals surface area contributed by atoms with Crippen LogP contribution in [-0.4, -0.2) is 68.4 Å². The van der Waals surface area contributed by atoms with Gasteiger partial charge in [-0.1, -0.05) is 6.07 Å². The predicted octanol–water partition coefficient (Wildman–Crippen LogP) is 0.469. The number of piperazine rings is 1. The second kappa shape index (κ2) is 6.86. The molecule has 0 aliphatic carbocycles. The minimum absolute atomic E-state index is 0.0364. The maximum absolute atomic E-state index is 13.8. The van der Waals surface area contributed by atoms with Crippen LogP contribution in [0.2, 0.25) is 0 Å². The van der Waals surface area contributed by atoms with Gasteiger partial charge in [-0.3, -0.25) is 9.59 Å². The maximum atomic E-state index is 13.8. The Labute approximate surface area is 144 Å². The fraction of sp³-hybridized carbons (Fsp3) is 0.412. The predicted molar refractivity (Wildman–Crippen MR) is 91.9 cm³/mol. The molecule has 128 valence electrons. The van der Waals surface area contributed by atoms with Gasteiger partial charge < -0.3 is 14.7 Å². The zero-order chi connectivity index (χ0) is 17.3. The zero-order valence-corrected chi connectivity index (χ0v) is 14.7. The standard InChI is InChI=1S/C17H20FN3O2S/c1-19-6-8-21(9-7-19)16(22)11-20(2)17(23)15-10-12-13(18)4-3-5-14(12)24-15/h3-5,10H,6-9,11H2,1-2H3/p+1. The molecule has 1 aliphatic heterocycles. The monoisotopic (exact) mass is 350 g/mol. The molecule has 0 unspecified atom stereocenters. The first-order valence-corrected chi connectivity index (χ1v) is 8.80. The van der Waals surface area contributed by atoms with E-state index in [0.717, 1.165) is 30.9 Å². The number of nitrogens with one attached hydrogen (secondary N) is 1. The summed E-state index contributed by atoms with van der Waals surface area (Å²) in [6.07, 6.45) is 0. The molecular formula is C17H21FN3O2S+. The van der Waals surface area contributed by atoms with Crippen LogP contribution in [0.1, 0.15) is 9.67 Å². The van der Waals surface area contributed by atoms with Crippen LogP contribution in [0.25, 0.3) is 10.1 Å². The van der Waals surface area contributed by atoms with Gasteiger partial charge in [-0.05, 0) is 18.2 Å². The van der Waals surface area contributed by atoms with Gasteiger partial charge in [-0.15, -0.1) is 11.3 Å². The summed E-state index contributed by atoms with van der Waals surface area (Å²) in [5, 5.41) is 0.451. The van der Waals surface area contributed by atoms with Crippen molar-refractivity contribution in [1.29, 1.82) is 0 Å². The fourth-order valence-corrected chi connectivity index (χ4v) is 3.90. The van der Waals surface area contributed by atoms with E-state index in [0.29, 0.717) is 10.3 Å². The molecule has 0 radical (unpaired) electrons. The Morgan fingerprint density at radius 1 is 1.33 bits per heavy atom. The number of benzene rings is 1. The third-order valence-electron chi connectivity index (χ3n) is 4.41. The number of hydrogen-bond donors (Lipinski definition) is 1. The van der Waals surface area contributed by atoms with Crippen LogP contribution < -0.4 is 4.90 Å². The minimum atomic E-state index is -0.332. The van der Waals surface area contributed by atoms with Crippen molar-refractivity contribution in [1.82, 2.24) is 9.80 Å². The van der Waals surface area contributed by atoms with Crippen molar-refractivity contribution in [3.63, 3.8) is 0 Å². The number of amides is 2. The number of thiophene rings is 1. The Balaban J connectivity index is 1.67. The highest BCUT2D eigenvalue weighted by atomic mass is 32.1. The molecule has 0 bridgehead atoms. The van der Waals surface area contributed by atoms with E-state index in [4.69, 9.17) is 0 Å². The number of halogens is 1. The Kier molecular flexibility index (Phi) is 4.82. The molecule has 0 saturated carbocycles. The normalized spacial score (nSPS) is 15.7. The van der Waals surface area contributed by atoms with Crippen molar-refractivity contribution < 1.29 is 18.9 Å². The van der Waals surface area contributed by atoms with E-state index in [1.54, 1.807) is 30.1 Å². The van der Waals surface area contributed by atoms with Crippen molar-refractivity contribution in [3.8, 4) is 0 Å².